The Morgan fingerprint density at radius 1 is 0.750 bits per heavy atom. The molecule has 0 saturated carbocycles. The zero-order valence-corrected chi connectivity index (χ0v) is 35.9. The predicted octanol–water partition coefficient (Wildman–Crippen LogP) is 9.84. The molecule has 1 fully saturated rings. The monoisotopic (exact) mass is 739 g/mol. The number of hydrogen-bond acceptors (Lipinski definition) is 6. The van der Waals surface area contributed by atoms with E-state index in [0.29, 0.717) is 38.3 Å². The Balaban J connectivity index is 0.0000128. The van der Waals surface area contributed by atoms with Crippen molar-refractivity contribution in [2.24, 2.45) is 11.7 Å². The minimum atomic E-state index is -0.775. The van der Waals surface area contributed by atoms with Crippen LogP contribution in [-0.2, 0) is 14.3 Å². The number of unbranched alkanes of at least 4 members (excludes halogenated alkanes) is 15. The van der Waals surface area contributed by atoms with Crippen LogP contribution in [0, 0.1) is 5.92 Å². The molecule has 8 heteroatoms. The largest absolute Gasteiger partial charge is 0.392 e. The zero-order chi connectivity index (χ0) is 39.0. The molecule has 6 atom stereocenters. The first-order valence-electron chi connectivity index (χ1n) is 22.5. The Morgan fingerprint density at radius 2 is 1.25 bits per heavy atom. The average molecular weight is 739 g/mol. The molecule has 2 unspecified atom stereocenters. The van der Waals surface area contributed by atoms with Gasteiger partial charge in [-0.05, 0) is 51.5 Å². The molecular formula is C44H90N4O4. The highest BCUT2D eigenvalue weighted by atomic mass is 16.5. The highest BCUT2D eigenvalue weighted by Gasteiger charge is 2.49. The van der Waals surface area contributed by atoms with Crippen molar-refractivity contribution < 1.29 is 19.4 Å². The maximum atomic E-state index is 13.2. The second-order valence-corrected chi connectivity index (χ2v) is 16.1. The number of ether oxygens (including phenoxy) is 1. The fraction of sp³-hybridized carbons (Fsp3) is 0.955. The smallest absolute Gasteiger partial charge is 0.220 e. The third kappa shape index (κ3) is 24.2. The summed E-state index contributed by atoms with van der Waals surface area (Å²) in [6, 6.07) is -0.493. The van der Waals surface area contributed by atoms with Crippen LogP contribution in [0.4, 0.5) is 0 Å². The summed E-state index contributed by atoms with van der Waals surface area (Å²) in [6.45, 7) is 19.7. The highest BCUT2D eigenvalue weighted by molar-refractivity contribution is 5.77. The summed E-state index contributed by atoms with van der Waals surface area (Å²) in [7, 11) is 0. The number of rotatable bonds is 33. The molecule has 0 aliphatic carbocycles. The van der Waals surface area contributed by atoms with Crippen LogP contribution in [0.5, 0.6) is 0 Å². The Kier molecular flexibility index (Phi) is 32.4. The van der Waals surface area contributed by atoms with Gasteiger partial charge in [0, 0.05) is 25.9 Å². The fourth-order valence-electron chi connectivity index (χ4n) is 7.56. The molecule has 310 valence electrons. The number of nitrogens with zero attached hydrogens (tertiary/aromatic N) is 1. The number of amides is 2. The van der Waals surface area contributed by atoms with Crippen LogP contribution < -0.4 is 16.4 Å². The third-order valence-electron chi connectivity index (χ3n) is 10.9. The topological polar surface area (TPSA) is 117 Å². The standard InChI is InChI=1S/C42H84N4O4.C2H6/c1-7-11-14-16-18-20-22-24-27-35(5)32-46(33-36(47)28-25-23-21-19-17-15-12-8-2)31-26-30-39(48)44-37(10-4)41-42(6,43)38(34-50-41)45-40(49)29-13-9-3;1-2/h35-38,41,47H,7-34,43H2,1-6H3,(H,44,48)(H,45,49);1-2H3/t35?,36?,37-,38-,41+,42-;/m0./s1. The van der Waals surface area contributed by atoms with Crippen LogP contribution in [0.15, 0.2) is 0 Å². The van der Waals surface area contributed by atoms with Gasteiger partial charge >= 0.3 is 0 Å². The van der Waals surface area contributed by atoms with Crippen LogP contribution in [0.2, 0.25) is 0 Å². The number of nitrogens with one attached hydrogen (secondary N) is 2. The lowest BCUT2D eigenvalue weighted by Gasteiger charge is -2.35. The molecule has 2 amide bonds. The van der Waals surface area contributed by atoms with Crippen molar-refractivity contribution in [2.75, 3.05) is 26.2 Å². The molecule has 0 radical (unpaired) electrons. The van der Waals surface area contributed by atoms with Crippen LogP contribution in [0.25, 0.3) is 0 Å². The normalized spacial score (nSPS) is 20.3. The molecule has 0 spiro atoms. The third-order valence-corrected chi connectivity index (χ3v) is 10.9. The highest BCUT2D eigenvalue weighted by Crippen LogP contribution is 2.28. The lowest BCUT2D eigenvalue weighted by atomic mass is 9.85. The minimum absolute atomic E-state index is 0.00876. The molecule has 0 aromatic carbocycles. The van der Waals surface area contributed by atoms with Gasteiger partial charge in [0.05, 0.1) is 36.4 Å². The fourth-order valence-corrected chi connectivity index (χ4v) is 7.56. The van der Waals surface area contributed by atoms with Gasteiger partial charge in [0.15, 0.2) is 0 Å². The molecule has 0 bridgehead atoms. The maximum Gasteiger partial charge on any atom is 0.220 e. The van der Waals surface area contributed by atoms with Gasteiger partial charge in [-0.15, -0.1) is 0 Å². The van der Waals surface area contributed by atoms with E-state index in [1.54, 1.807) is 0 Å². The summed E-state index contributed by atoms with van der Waals surface area (Å²) in [6.07, 6.45) is 26.5. The lowest BCUT2D eigenvalue weighted by Crippen LogP contribution is -2.63. The van der Waals surface area contributed by atoms with Gasteiger partial charge in [0.25, 0.3) is 0 Å². The van der Waals surface area contributed by atoms with E-state index >= 15 is 0 Å². The van der Waals surface area contributed by atoms with Gasteiger partial charge < -0.3 is 31.1 Å². The number of carbonyl (C=O) groups is 2. The quantitative estimate of drug-likeness (QED) is 0.0498. The number of aliphatic hydroxyl groups is 1. The van der Waals surface area contributed by atoms with Crippen molar-refractivity contribution in [3.8, 4) is 0 Å². The van der Waals surface area contributed by atoms with Crippen molar-refractivity contribution in [2.45, 2.75) is 239 Å². The van der Waals surface area contributed by atoms with Crippen LogP contribution in [-0.4, -0.2) is 77.9 Å². The Labute approximate surface area is 323 Å². The molecule has 0 aromatic rings. The van der Waals surface area contributed by atoms with E-state index in [0.717, 1.165) is 45.2 Å². The molecule has 1 rings (SSSR count). The number of nitrogens with two attached hydrogens (primary N) is 1. The average Bonchev–Trinajstić information content (AvgIpc) is 3.41. The van der Waals surface area contributed by atoms with Gasteiger partial charge in [-0.3, -0.25) is 9.59 Å². The van der Waals surface area contributed by atoms with Crippen molar-refractivity contribution in [1.29, 1.82) is 0 Å². The summed E-state index contributed by atoms with van der Waals surface area (Å²) in [5.41, 5.74) is 5.98. The Bertz CT molecular complexity index is 813. The van der Waals surface area contributed by atoms with Gasteiger partial charge in [-0.2, -0.15) is 0 Å². The van der Waals surface area contributed by atoms with Gasteiger partial charge in [0.1, 0.15) is 0 Å². The number of aliphatic hydroxyl groups excluding tert-OH is 1. The van der Waals surface area contributed by atoms with E-state index < -0.39 is 5.54 Å². The first-order valence-corrected chi connectivity index (χ1v) is 22.5. The molecule has 1 heterocycles. The molecule has 52 heavy (non-hydrogen) atoms. The summed E-state index contributed by atoms with van der Waals surface area (Å²) in [5.74, 6) is 0.591. The van der Waals surface area contributed by atoms with Crippen molar-refractivity contribution in [1.82, 2.24) is 15.5 Å². The molecule has 5 N–H and O–H groups in total. The second-order valence-electron chi connectivity index (χ2n) is 16.1. The summed E-state index contributed by atoms with van der Waals surface area (Å²) in [4.78, 5) is 28.0. The van der Waals surface area contributed by atoms with Crippen LogP contribution in [0.1, 0.15) is 209 Å². The first-order chi connectivity index (χ1) is 25.1. The maximum absolute atomic E-state index is 13.2. The van der Waals surface area contributed by atoms with Crippen LogP contribution in [0.3, 0.4) is 0 Å². The van der Waals surface area contributed by atoms with Crippen molar-refractivity contribution in [3.05, 3.63) is 0 Å². The molecule has 0 aromatic heterocycles. The molecule has 1 aliphatic heterocycles. The minimum Gasteiger partial charge on any atom is -0.392 e. The molecule has 1 aliphatic rings. The van der Waals surface area contributed by atoms with Crippen molar-refractivity contribution in [3.63, 3.8) is 0 Å². The zero-order valence-electron chi connectivity index (χ0n) is 35.9. The predicted molar refractivity (Wildman–Crippen MR) is 223 cm³/mol. The van der Waals surface area contributed by atoms with E-state index in [9.17, 15) is 14.7 Å². The first kappa shape index (κ1) is 50.8. The van der Waals surface area contributed by atoms with Crippen molar-refractivity contribution >= 4 is 11.8 Å². The lowest BCUT2D eigenvalue weighted by molar-refractivity contribution is -0.123. The number of carbonyl (C=O) groups excluding carboxylic acids is 2. The molecule has 1 saturated heterocycles. The Hall–Kier alpha value is -1.22. The Morgan fingerprint density at radius 3 is 1.79 bits per heavy atom. The number of hydrogen-bond donors (Lipinski definition) is 4. The van der Waals surface area contributed by atoms with E-state index in [4.69, 9.17) is 10.5 Å². The van der Waals surface area contributed by atoms with Gasteiger partial charge in [-0.25, -0.2) is 0 Å². The van der Waals surface area contributed by atoms with E-state index in [-0.39, 0.29) is 36.1 Å². The van der Waals surface area contributed by atoms with Crippen LogP contribution >= 0.6 is 0 Å². The molecule has 8 nitrogen and oxygen atoms in total. The summed E-state index contributed by atoms with van der Waals surface area (Å²) < 4.78 is 6.12. The molecular weight excluding hydrogens is 649 g/mol. The SMILES string of the molecule is CC.CCCCCCCCCCC(C)CN(CCCC(=O)N[C@@H](CC)[C@H]1OC[C@H](NC(=O)CCCC)[C@]1(C)N)CC(O)CCCCCCCCCC. The van der Waals surface area contributed by atoms with E-state index in [2.05, 4.69) is 43.2 Å². The van der Waals surface area contributed by atoms with E-state index in [1.807, 2.05) is 27.7 Å². The summed E-state index contributed by atoms with van der Waals surface area (Å²) >= 11 is 0. The second kappa shape index (κ2) is 33.1. The van der Waals surface area contributed by atoms with Gasteiger partial charge in [0.2, 0.25) is 11.8 Å². The van der Waals surface area contributed by atoms with E-state index in [1.165, 1.54) is 103 Å². The summed E-state index contributed by atoms with van der Waals surface area (Å²) in [5, 5.41) is 17.3. The van der Waals surface area contributed by atoms with Gasteiger partial charge in [-0.1, -0.05) is 158 Å².